The van der Waals surface area contributed by atoms with Crippen LogP contribution in [0.3, 0.4) is 0 Å². The lowest BCUT2D eigenvalue weighted by Crippen LogP contribution is -2.26. The van der Waals surface area contributed by atoms with Gasteiger partial charge in [0.2, 0.25) is 0 Å². The summed E-state index contributed by atoms with van der Waals surface area (Å²) >= 11 is 1.68. The lowest BCUT2D eigenvalue weighted by molar-refractivity contribution is 0.0949. The number of H-pyrrole nitrogens is 1. The third-order valence-corrected chi connectivity index (χ3v) is 5.16. The second-order valence-electron chi connectivity index (χ2n) is 5.69. The number of carbonyl (C=O) groups excluding carboxylic acids is 1. The Labute approximate surface area is 144 Å². The maximum absolute atomic E-state index is 12.2. The molecule has 24 heavy (non-hydrogen) atoms. The molecule has 0 spiro atoms. The van der Waals surface area contributed by atoms with Crippen molar-refractivity contribution in [2.75, 3.05) is 6.54 Å². The first-order chi connectivity index (χ1) is 11.5. The van der Waals surface area contributed by atoms with Gasteiger partial charge in [-0.25, -0.2) is 4.98 Å². The van der Waals surface area contributed by atoms with Crippen LogP contribution in [0.5, 0.6) is 0 Å². The van der Waals surface area contributed by atoms with Crippen molar-refractivity contribution in [2.24, 2.45) is 7.05 Å². The number of aromatic nitrogens is 5. The van der Waals surface area contributed by atoms with E-state index in [1.807, 2.05) is 20.9 Å². The number of hydrogen-bond donors (Lipinski definition) is 2. The van der Waals surface area contributed by atoms with Crippen molar-refractivity contribution >= 4 is 17.2 Å². The molecule has 0 atom stereocenters. The van der Waals surface area contributed by atoms with Gasteiger partial charge in [-0.15, -0.1) is 11.3 Å². The number of nitrogens with zero attached hydrogens (tertiary/aromatic N) is 4. The minimum atomic E-state index is -0.166. The average molecular weight is 344 g/mol. The fourth-order valence-electron chi connectivity index (χ4n) is 2.35. The number of aryl methyl sites for hydroxylation is 3. The number of aromatic amines is 1. The molecule has 0 aromatic carbocycles. The number of amides is 1. The summed E-state index contributed by atoms with van der Waals surface area (Å²) in [7, 11) is 1.88. The maximum Gasteiger partial charge on any atom is 0.269 e. The third kappa shape index (κ3) is 3.23. The summed E-state index contributed by atoms with van der Waals surface area (Å²) in [6, 6.07) is 1.75. The minimum absolute atomic E-state index is 0.166. The van der Waals surface area contributed by atoms with Crippen molar-refractivity contribution in [1.82, 2.24) is 30.3 Å². The van der Waals surface area contributed by atoms with Gasteiger partial charge in [-0.2, -0.15) is 10.2 Å². The van der Waals surface area contributed by atoms with Gasteiger partial charge in [0.05, 0.1) is 22.6 Å². The summed E-state index contributed by atoms with van der Waals surface area (Å²) in [5, 5.41) is 15.1. The first-order valence-corrected chi connectivity index (χ1v) is 8.53. The van der Waals surface area contributed by atoms with Crippen molar-refractivity contribution in [3.05, 3.63) is 39.2 Å². The van der Waals surface area contributed by atoms with Crippen LogP contribution < -0.4 is 5.32 Å². The highest BCUT2D eigenvalue weighted by Gasteiger charge is 2.14. The maximum atomic E-state index is 12.2. The minimum Gasteiger partial charge on any atom is -0.350 e. The van der Waals surface area contributed by atoms with E-state index < -0.39 is 0 Å². The van der Waals surface area contributed by atoms with E-state index in [1.54, 1.807) is 28.3 Å². The molecule has 3 aromatic rings. The highest BCUT2D eigenvalue weighted by Crippen LogP contribution is 2.21. The second-order valence-corrected chi connectivity index (χ2v) is 6.98. The molecule has 0 saturated carbocycles. The molecule has 3 rings (SSSR count). The Morgan fingerprint density at radius 1 is 1.38 bits per heavy atom. The summed E-state index contributed by atoms with van der Waals surface area (Å²) in [6.45, 7) is 6.57. The topological polar surface area (TPSA) is 88.5 Å². The molecule has 0 bridgehead atoms. The van der Waals surface area contributed by atoms with Crippen LogP contribution in [-0.4, -0.2) is 37.4 Å². The zero-order valence-corrected chi connectivity index (χ0v) is 15.0. The van der Waals surface area contributed by atoms with E-state index in [-0.39, 0.29) is 5.91 Å². The molecule has 0 fully saturated rings. The van der Waals surface area contributed by atoms with Crippen molar-refractivity contribution in [3.8, 4) is 11.3 Å². The molecular formula is C16H20N6OS. The van der Waals surface area contributed by atoms with E-state index in [4.69, 9.17) is 0 Å². The van der Waals surface area contributed by atoms with E-state index in [0.717, 1.165) is 34.1 Å². The second kappa shape index (κ2) is 6.56. The standard InChI is InChI=1S/C16H20N6OS/c1-9-11(3)24-15(19-9)5-6-17-16(23)14-7-13(20-21-14)12-8-18-22(4)10(12)2/h7-8H,5-6H2,1-4H3,(H,17,23)(H,20,21). The largest absolute Gasteiger partial charge is 0.350 e. The summed E-state index contributed by atoms with van der Waals surface area (Å²) < 4.78 is 1.78. The number of rotatable bonds is 5. The predicted molar refractivity (Wildman–Crippen MR) is 93.2 cm³/mol. The van der Waals surface area contributed by atoms with Gasteiger partial charge in [0.1, 0.15) is 5.69 Å². The first kappa shape index (κ1) is 16.4. The summed E-state index contributed by atoms with van der Waals surface area (Å²) in [5.74, 6) is -0.166. The average Bonchev–Trinajstić information content (AvgIpc) is 3.22. The van der Waals surface area contributed by atoms with Crippen LogP contribution in [0.4, 0.5) is 0 Å². The molecule has 3 heterocycles. The van der Waals surface area contributed by atoms with Crippen molar-refractivity contribution in [2.45, 2.75) is 27.2 Å². The van der Waals surface area contributed by atoms with Gasteiger partial charge < -0.3 is 5.32 Å². The van der Waals surface area contributed by atoms with Gasteiger partial charge in [0.25, 0.3) is 5.91 Å². The SMILES string of the molecule is Cc1nc(CCNC(=O)c2cc(-c3cnn(C)c3C)n[nH]2)sc1C. The van der Waals surface area contributed by atoms with Crippen molar-refractivity contribution in [1.29, 1.82) is 0 Å². The molecule has 0 aliphatic heterocycles. The number of hydrogen-bond acceptors (Lipinski definition) is 5. The van der Waals surface area contributed by atoms with E-state index in [0.29, 0.717) is 12.2 Å². The van der Waals surface area contributed by atoms with Crippen LogP contribution in [0.25, 0.3) is 11.3 Å². The molecule has 0 radical (unpaired) electrons. The molecule has 0 aliphatic carbocycles. The smallest absolute Gasteiger partial charge is 0.269 e. The van der Waals surface area contributed by atoms with Crippen LogP contribution in [0.2, 0.25) is 0 Å². The summed E-state index contributed by atoms with van der Waals surface area (Å²) in [4.78, 5) is 17.9. The van der Waals surface area contributed by atoms with E-state index >= 15 is 0 Å². The highest BCUT2D eigenvalue weighted by atomic mass is 32.1. The molecular weight excluding hydrogens is 324 g/mol. The number of thiazole rings is 1. The number of nitrogens with one attached hydrogen (secondary N) is 2. The van der Waals surface area contributed by atoms with E-state index in [9.17, 15) is 4.79 Å². The van der Waals surface area contributed by atoms with Crippen molar-refractivity contribution in [3.63, 3.8) is 0 Å². The monoisotopic (exact) mass is 344 g/mol. The molecule has 1 amide bonds. The van der Waals surface area contributed by atoms with Gasteiger partial charge in [-0.1, -0.05) is 0 Å². The molecule has 2 N–H and O–H groups in total. The Morgan fingerprint density at radius 3 is 2.79 bits per heavy atom. The predicted octanol–water partition coefficient (Wildman–Crippen LogP) is 2.16. The normalized spacial score (nSPS) is 11.0. The van der Waals surface area contributed by atoms with Crippen molar-refractivity contribution < 1.29 is 4.79 Å². The Morgan fingerprint density at radius 2 is 2.17 bits per heavy atom. The molecule has 8 heteroatoms. The van der Waals surface area contributed by atoms with Gasteiger partial charge in [0, 0.05) is 36.1 Å². The van der Waals surface area contributed by atoms with Gasteiger partial charge >= 0.3 is 0 Å². The molecule has 0 unspecified atom stereocenters. The van der Waals surface area contributed by atoms with E-state index in [2.05, 4.69) is 32.5 Å². The van der Waals surface area contributed by atoms with Gasteiger partial charge in [-0.05, 0) is 26.8 Å². The van der Waals surface area contributed by atoms with E-state index in [1.165, 1.54) is 4.88 Å². The lowest BCUT2D eigenvalue weighted by Gasteiger charge is -2.01. The molecule has 3 aromatic heterocycles. The van der Waals surface area contributed by atoms with Crippen LogP contribution in [0.1, 0.15) is 31.8 Å². The number of carbonyl (C=O) groups is 1. The quantitative estimate of drug-likeness (QED) is 0.742. The molecule has 126 valence electrons. The summed E-state index contributed by atoms with van der Waals surface area (Å²) in [6.07, 6.45) is 2.48. The summed E-state index contributed by atoms with van der Waals surface area (Å²) in [5.41, 5.74) is 4.15. The molecule has 0 saturated heterocycles. The zero-order valence-electron chi connectivity index (χ0n) is 14.2. The van der Waals surface area contributed by atoms with Crippen LogP contribution >= 0.6 is 11.3 Å². The highest BCUT2D eigenvalue weighted by molar-refractivity contribution is 7.11. The zero-order chi connectivity index (χ0) is 17.3. The first-order valence-electron chi connectivity index (χ1n) is 7.71. The van der Waals surface area contributed by atoms with Crippen LogP contribution in [0.15, 0.2) is 12.3 Å². The fraction of sp³-hybridized carbons (Fsp3) is 0.375. The molecule has 7 nitrogen and oxygen atoms in total. The van der Waals surface area contributed by atoms with Gasteiger partial charge in [-0.3, -0.25) is 14.6 Å². The fourth-order valence-corrected chi connectivity index (χ4v) is 3.28. The molecule has 0 aliphatic rings. The Balaban J connectivity index is 1.60. The van der Waals surface area contributed by atoms with Crippen LogP contribution in [0, 0.1) is 20.8 Å². The van der Waals surface area contributed by atoms with Gasteiger partial charge in [0.15, 0.2) is 0 Å². The third-order valence-electron chi connectivity index (χ3n) is 4.03. The Hall–Kier alpha value is -2.48. The Bertz CT molecular complexity index is 856. The van der Waals surface area contributed by atoms with Crippen LogP contribution in [-0.2, 0) is 13.5 Å². The lowest BCUT2D eigenvalue weighted by atomic mass is 10.2. The Kier molecular flexibility index (Phi) is 4.48.